The van der Waals surface area contributed by atoms with Crippen LogP contribution in [0.3, 0.4) is 0 Å². The van der Waals surface area contributed by atoms with Crippen LogP contribution in [0.1, 0.15) is 60.2 Å². The minimum atomic E-state index is -0.553. The van der Waals surface area contributed by atoms with Gasteiger partial charge < -0.3 is 19.6 Å². The van der Waals surface area contributed by atoms with Gasteiger partial charge in [-0.3, -0.25) is 4.79 Å². The van der Waals surface area contributed by atoms with Gasteiger partial charge in [-0.2, -0.15) is 0 Å². The van der Waals surface area contributed by atoms with Gasteiger partial charge >= 0.3 is 0 Å². The molecule has 1 aliphatic rings. The molecule has 0 fully saturated rings. The number of carbonyl (C=O) groups excluding carboxylic acids is 1. The highest BCUT2D eigenvalue weighted by molar-refractivity contribution is 5.93. The molecule has 0 saturated heterocycles. The second-order valence-corrected chi connectivity index (χ2v) is 6.56. The van der Waals surface area contributed by atoms with Gasteiger partial charge in [0.2, 0.25) is 0 Å². The first-order valence-corrected chi connectivity index (χ1v) is 7.43. The molecule has 1 heterocycles. The summed E-state index contributed by atoms with van der Waals surface area (Å²) >= 11 is 0. The van der Waals surface area contributed by atoms with E-state index in [0.29, 0.717) is 25.3 Å². The van der Waals surface area contributed by atoms with Crippen molar-refractivity contribution in [3.05, 3.63) is 22.6 Å². The van der Waals surface area contributed by atoms with Crippen LogP contribution in [0.2, 0.25) is 0 Å². The fourth-order valence-electron chi connectivity index (χ4n) is 3.00. The van der Waals surface area contributed by atoms with Gasteiger partial charge in [0.05, 0.1) is 6.10 Å². The maximum Gasteiger partial charge on any atom is 0.287 e. The molecule has 1 aromatic heterocycles. The first-order valence-electron chi connectivity index (χ1n) is 7.43. The van der Waals surface area contributed by atoms with Crippen LogP contribution in [0.5, 0.6) is 0 Å². The molecule has 0 saturated carbocycles. The standard InChI is InChI=1S/C16H25NO4/c1-10-13-11(18)8-16(2,3)9-12(13)21-14(10)15(19)17-6-5-7-20-4/h11,18H,5-9H2,1-4H3,(H,17,19)/t11-/m0/s1. The van der Waals surface area contributed by atoms with Crippen molar-refractivity contribution in [1.82, 2.24) is 5.32 Å². The molecule has 118 valence electrons. The zero-order chi connectivity index (χ0) is 15.6. The molecule has 0 bridgehead atoms. The highest BCUT2D eigenvalue weighted by Gasteiger charge is 2.37. The molecule has 5 heteroatoms. The van der Waals surface area contributed by atoms with E-state index in [9.17, 15) is 9.90 Å². The molecule has 5 nitrogen and oxygen atoms in total. The second-order valence-electron chi connectivity index (χ2n) is 6.56. The lowest BCUT2D eigenvalue weighted by atomic mass is 9.75. The predicted octanol–water partition coefficient (Wildman–Crippen LogP) is 2.36. The number of hydrogen-bond donors (Lipinski definition) is 2. The molecule has 0 aliphatic heterocycles. The first kappa shape index (κ1) is 16.0. The number of hydrogen-bond acceptors (Lipinski definition) is 4. The Bertz CT molecular complexity index is 519. The molecule has 1 atom stereocenters. The van der Waals surface area contributed by atoms with Gasteiger partial charge in [-0.05, 0) is 25.2 Å². The summed E-state index contributed by atoms with van der Waals surface area (Å²) in [6.07, 6.45) is 1.65. The van der Waals surface area contributed by atoms with Crippen molar-refractivity contribution in [2.75, 3.05) is 20.3 Å². The van der Waals surface area contributed by atoms with Crippen molar-refractivity contribution < 1.29 is 19.1 Å². The maximum absolute atomic E-state index is 12.2. The van der Waals surface area contributed by atoms with Crippen LogP contribution in [0.15, 0.2) is 4.42 Å². The van der Waals surface area contributed by atoms with Crippen LogP contribution < -0.4 is 5.32 Å². The third-order valence-corrected chi connectivity index (χ3v) is 4.01. The van der Waals surface area contributed by atoms with E-state index in [1.807, 2.05) is 6.92 Å². The molecular formula is C16H25NO4. The highest BCUT2D eigenvalue weighted by atomic mass is 16.5. The number of carbonyl (C=O) groups is 1. The Labute approximate surface area is 125 Å². The zero-order valence-electron chi connectivity index (χ0n) is 13.3. The molecule has 21 heavy (non-hydrogen) atoms. The van der Waals surface area contributed by atoms with Crippen LogP contribution in [0.25, 0.3) is 0 Å². The molecule has 1 amide bonds. The van der Waals surface area contributed by atoms with Gasteiger partial charge in [-0.15, -0.1) is 0 Å². The molecule has 2 N–H and O–H groups in total. The number of nitrogens with one attached hydrogen (secondary N) is 1. The van der Waals surface area contributed by atoms with E-state index < -0.39 is 6.10 Å². The Balaban J connectivity index is 2.14. The number of ether oxygens (including phenoxy) is 1. The van der Waals surface area contributed by atoms with Crippen molar-refractivity contribution in [2.24, 2.45) is 5.41 Å². The Hall–Kier alpha value is -1.33. The number of fused-ring (bicyclic) bond motifs is 1. The number of amides is 1. The van der Waals surface area contributed by atoms with Crippen LogP contribution >= 0.6 is 0 Å². The Morgan fingerprint density at radius 2 is 2.24 bits per heavy atom. The number of aliphatic hydroxyl groups is 1. The fourth-order valence-corrected chi connectivity index (χ4v) is 3.00. The summed E-state index contributed by atoms with van der Waals surface area (Å²) in [7, 11) is 1.63. The summed E-state index contributed by atoms with van der Waals surface area (Å²) in [5.41, 5.74) is 1.55. The van der Waals surface area contributed by atoms with Crippen molar-refractivity contribution in [2.45, 2.75) is 46.1 Å². The number of methoxy groups -OCH3 is 1. The molecule has 2 rings (SSSR count). The summed E-state index contributed by atoms with van der Waals surface area (Å²) in [5.74, 6) is 0.857. The molecule has 0 aromatic carbocycles. The lowest BCUT2D eigenvalue weighted by Crippen LogP contribution is -2.25. The largest absolute Gasteiger partial charge is 0.455 e. The van der Waals surface area contributed by atoms with Crippen LogP contribution in [-0.4, -0.2) is 31.3 Å². The Morgan fingerprint density at radius 3 is 2.90 bits per heavy atom. The normalized spacial score (nSPS) is 20.1. The number of rotatable bonds is 5. The van der Waals surface area contributed by atoms with E-state index in [0.717, 1.165) is 29.7 Å². The van der Waals surface area contributed by atoms with Crippen LogP contribution in [0, 0.1) is 12.3 Å². The lowest BCUT2D eigenvalue weighted by Gasteiger charge is -2.31. The topological polar surface area (TPSA) is 71.7 Å². The lowest BCUT2D eigenvalue weighted by molar-refractivity contribution is 0.0882. The SMILES string of the molecule is COCCCNC(=O)c1oc2c(c1C)[C@@H](O)CC(C)(C)C2. The summed E-state index contributed by atoms with van der Waals surface area (Å²) in [4.78, 5) is 12.2. The van der Waals surface area contributed by atoms with E-state index in [1.165, 1.54) is 0 Å². The van der Waals surface area contributed by atoms with Gasteiger partial charge in [0.25, 0.3) is 5.91 Å². The van der Waals surface area contributed by atoms with Crippen molar-refractivity contribution in [1.29, 1.82) is 0 Å². The van der Waals surface area contributed by atoms with E-state index >= 15 is 0 Å². The zero-order valence-corrected chi connectivity index (χ0v) is 13.3. The van der Waals surface area contributed by atoms with E-state index in [4.69, 9.17) is 9.15 Å². The van der Waals surface area contributed by atoms with Gasteiger partial charge in [0, 0.05) is 37.8 Å². The molecule has 1 aliphatic carbocycles. The molecular weight excluding hydrogens is 270 g/mol. The molecule has 1 aromatic rings. The minimum Gasteiger partial charge on any atom is -0.455 e. The van der Waals surface area contributed by atoms with E-state index in [2.05, 4.69) is 19.2 Å². The molecule has 0 spiro atoms. The van der Waals surface area contributed by atoms with Gasteiger partial charge in [0.1, 0.15) is 5.76 Å². The van der Waals surface area contributed by atoms with Gasteiger partial charge in [-0.25, -0.2) is 0 Å². The Kier molecular flexibility index (Phi) is 4.74. The summed E-state index contributed by atoms with van der Waals surface area (Å²) in [5, 5.41) is 13.1. The quantitative estimate of drug-likeness (QED) is 0.818. The van der Waals surface area contributed by atoms with Gasteiger partial charge in [0.15, 0.2) is 5.76 Å². The Morgan fingerprint density at radius 1 is 1.52 bits per heavy atom. The van der Waals surface area contributed by atoms with Gasteiger partial charge in [-0.1, -0.05) is 13.8 Å². The predicted molar refractivity (Wildman–Crippen MR) is 79.3 cm³/mol. The van der Waals surface area contributed by atoms with Crippen LogP contribution in [0.4, 0.5) is 0 Å². The molecule has 0 unspecified atom stereocenters. The minimum absolute atomic E-state index is 0.0110. The first-order chi connectivity index (χ1) is 9.85. The number of aliphatic hydroxyl groups excluding tert-OH is 1. The van der Waals surface area contributed by atoms with Crippen LogP contribution in [-0.2, 0) is 11.2 Å². The second kappa shape index (κ2) is 6.20. The summed E-state index contributed by atoms with van der Waals surface area (Å²) < 4.78 is 10.7. The summed E-state index contributed by atoms with van der Waals surface area (Å²) in [6, 6.07) is 0. The monoisotopic (exact) mass is 295 g/mol. The van der Waals surface area contributed by atoms with Crippen molar-refractivity contribution in [3.63, 3.8) is 0 Å². The van der Waals surface area contributed by atoms with Crippen molar-refractivity contribution in [3.8, 4) is 0 Å². The third kappa shape index (κ3) is 3.47. The highest BCUT2D eigenvalue weighted by Crippen LogP contribution is 2.43. The molecule has 0 radical (unpaired) electrons. The summed E-state index contributed by atoms with van der Waals surface area (Å²) in [6.45, 7) is 7.20. The van der Waals surface area contributed by atoms with E-state index in [1.54, 1.807) is 7.11 Å². The van der Waals surface area contributed by atoms with Crippen molar-refractivity contribution >= 4 is 5.91 Å². The fraction of sp³-hybridized carbons (Fsp3) is 0.688. The number of furan rings is 1. The maximum atomic E-state index is 12.2. The smallest absolute Gasteiger partial charge is 0.287 e. The average molecular weight is 295 g/mol. The average Bonchev–Trinajstić information content (AvgIpc) is 2.70. The third-order valence-electron chi connectivity index (χ3n) is 4.01. The van der Waals surface area contributed by atoms with E-state index in [-0.39, 0.29) is 11.3 Å².